The Labute approximate surface area is 83.5 Å². The molecular formula is C9H17NO4. The van der Waals surface area contributed by atoms with Gasteiger partial charge in [0.1, 0.15) is 11.6 Å². The number of nitrogens with two attached hydrogens (primary N) is 1. The first kappa shape index (κ1) is 12.9. The Bertz CT molecular complexity index is 219. The van der Waals surface area contributed by atoms with E-state index in [0.29, 0.717) is 0 Å². The zero-order valence-corrected chi connectivity index (χ0v) is 8.99. The average Bonchev–Trinajstić information content (AvgIpc) is 1.99. The van der Waals surface area contributed by atoms with Crippen molar-refractivity contribution in [3.63, 3.8) is 0 Å². The largest absolute Gasteiger partial charge is 0.468 e. The first-order chi connectivity index (χ1) is 6.26. The zero-order chi connectivity index (χ0) is 11.4. The molecule has 5 heteroatoms. The molecule has 0 aromatic heterocycles. The van der Waals surface area contributed by atoms with Crippen LogP contribution < -0.4 is 5.73 Å². The van der Waals surface area contributed by atoms with Crippen molar-refractivity contribution in [2.24, 2.45) is 5.73 Å². The summed E-state index contributed by atoms with van der Waals surface area (Å²) in [5.41, 5.74) is 4.81. The second kappa shape index (κ2) is 4.95. The minimum absolute atomic E-state index is 0.163. The fraction of sp³-hybridized carbons (Fsp3) is 0.778. The van der Waals surface area contributed by atoms with Crippen LogP contribution in [-0.2, 0) is 19.1 Å². The minimum Gasteiger partial charge on any atom is -0.468 e. The number of carbonyl (C=O) groups excluding carboxylic acids is 2. The van der Waals surface area contributed by atoms with Gasteiger partial charge in [-0.15, -0.1) is 0 Å². The minimum atomic E-state index is -0.949. The summed E-state index contributed by atoms with van der Waals surface area (Å²) in [6.07, 6.45) is -0.163. The fourth-order valence-electron chi connectivity index (χ4n) is 0.797. The molecule has 0 saturated carbocycles. The molecule has 0 heterocycles. The van der Waals surface area contributed by atoms with Gasteiger partial charge in [0.05, 0.1) is 13.5 Å². The molecule has 0 aromatic carbocycles. The summed E-state index contributed by atoms with van der Waals surface area (Å²) in [6.45, 7) is 5.23. The van der Waals surface area contributed by atoms with Gasteiger partial charge in [-0.05, 0) is 20.8 Å². The van der Waals surface area contributed by atoms with Gasteiger partial charge < -0.3 is 15.2 Å². The monoisotopic (exact) mass is 203 g/mol. The molecule has 5 nitrogen and oxygen atoms in total. The Morgan fingerprint density at radius 3 is 2.21 bits per heavy atom. The lowest BCUT2D eigenvalue weighted by Crippen LogP contribution is -2.36. The predicted octanol–water partition coefficient (Wildman–Crippen LogP) is 0.218. The Morgan fingerprint density at radius 1 is 1.36 bits per heavy atom. The third kappa shape index (κ3) is 5.53. The SMILES string of the molecule is COC(=O)C(N)CC(=O)OC(C)(C)C. The molecule has 1 atom stereocenters. The van der Waals surface area contributed by atoms with Crippen LogP contribution in [0.3, 0.4) is 0 Å². The van der Waals surface area contributed by atoms with Crippen LogP contribution >= 0.6 is 0 Å². The summed E-state index contributed by atoms with van der Waals surface area (Å²) < 4.78 is 9.35. The van der Waals surface area contributed by atoms with Gasteiger partial charge in [0.2, 0.25) is 0 Å². The topological polar surface area (TPSA) is 78.6 Å². The molecule has 0 bridgehead atoms. The van der Waals surface area contributed by atoms with Gasteiger partial charge in [0.25, 0.3) is 0 Å². The number of hydrogen-bond donors (Lipinski definition) is 1. The van der Waals surface area contributed by atoms with Crippen LogP contribution in [0.4, 0.5) is 0 Å². The number of rotatable bonds is 3. The van der Waals surface area contributed by atoms with Crippen LogP contribution in [0.2, 0.25) is 0 Å². The molecule has 1 unspecified atom stereocenters. The maximum atomic E-state index is 11.2. The van der Waals surface area contributed by atoms with E-state index in [1.54, 1.807) is 20.8 Å². The summed E-state index contributed by atoms with van der Waals surface area (Å²) in [6, 6.07) is -0.949. The van der Waals surface area contributed by atoms with Crippen LogP contribution in [0, 0.1) is 0 Å². The van der Waals surface area contributed by atoms with Gasteiger partial charge in [0.15, 0.2) is 0 Å². The highest BCUT2D eigenvalue weighted by Gasteiger charge is 2.22. The van der Waals surface area contributed by atoms with E-state index in [4.69, 9.17) is 10.5 Å². The van der Waals surface area contributed by atoms with E-state index < -0.39 is 23.6 Å². The van der Waals surface area contributed by atoms with E-state index in [1.165, 1.54) is 7.11 Å². The second-order valence-corrected chi connectivity index (χ2v) is 3.92. The van der Waals surface area contributed by atoms with E-state index in [1.807, 2.05) is 0 Å². The van der Waals surface area contributed by atoms with Crippen molar-refractivity contribution in [3.05, 3.63) is 0 Å². The van der Waals surface area contributed by atoms with Crippen LogP contribution in [-0.4, -0.2) is 30.7 Å². The maximum absolute atomic E-state index is 11.2. The standard InChI is InChI=1S/C9H17NO4/c1-9(2,3)14-7(11)5-6(10)8(12)13-4/h6H,5,10H2,1-4H3. The van der Waals surface area contributed by atoms with E-state index in [-0.39, 0.29) is 6.42 Å². The third-order valence-corrected chi connectivity index (χ3v) is 1.31. The van der Waals surface area contributed by atoms with Crippen LogP contribution in [0.1, 0.15) is 27.2 Å². The summed E-state index contributed by atoms with van der Waals surface area (Å²) in [4.78, 5) is 22.0. The van der Waals surface area contributed by atoms with Crippen molar-refractivity contribution in [2.45, 2.75) is 38.8 Å². The lowest BCUT2D eigenvalue weighted by molar-refractivity contribution is -0.158. The highest BCUT2D eigenvalue weighted by Crippen LogP contribution is 2.08. The van der Waals surface area contributed by atoms with E-state index in [2.05, 4.69) is 4.74 Å². The van der Waals surface area contributed by atoms with Gasteiger partial charge in [-0.1, -0.05) is 0 Å². The van der Waals surface area contributed by atoms with Gasteiger partial charge in [-0.3, -0.25) is 9.59 Å². The number of esters is 2. The van der Waals surface area contributed by atoms with Gasteiger partial charge in [-0.25, -0.2) is 0 Å². The summed E-state index contributed by atoms with van der Waals surface area (Å²) in [5, 5.41) is 0. The molecule has 0 aliphatic rings. The van der Waals surface area contributed by atoms with Gasteiger partial charge >= 0.3 is 11.9 Å². The Morgan fingerprint density at radius 2 is 1.86 bits per heavy atom. The highest BCUT2D eigenvalue weighted by atomic mass is 16.6. The molecule has 2 N–H and O–H groups in total. The predicted molar refractivity (Wildman–Crippen MR) is 50.5 cm³/mol. The molecule has 14 heavy (non-hydrogen) atoms. The van der Waals surface area contributed by atoms with Crippen molar-refractivity contribution in [1.29, 1.82) is 0 Å². The number of ether oxygens (including phenoxy) is 2. The van der Waals surface area contributed by atoms with Crippen molar-refractivity contribution in [2.75, 3.05) is 7.11 Å². The number of methoxy groups -OCH3 is 1. The lowest BCUT2D eigenvalue weighted by atomic mass is 10.2. The third-order valence-electron chi connectivity index (χ3n) is 1.31. The molecule has 0 aromatic rings. The molecule has 0 aliphatic heterocycles. The molecule has 0 spiro atoms. The quantitative estimate of drug-likeness (QED) is 0.664. The molecule has 0 fully saturated rings. The number of hydrogen-bond acceptors (Lipinski definition) is 5. The molecule has 0 rings (SSSR count). The maximum Gasteiger partial charge on any atom is 0.323 e. The first-order valence-electron chi connectivity index (χ1n) is 4.31. The molecule has 0 amide bonds. The molecule has 0 aliphatic carbocycles. The smallest absolute Gasteiger partial charge is 0.323 e. The van der Waals surface area contributed by atoms with Crippen LogP contribution in [0.15, 0.2) is 0 Å². The van der Waals surface area contributed by atoms with Crippen molar-refractivity contribution in [1.82, 2.24) is 0 Å². The average molecular weight is 203 g/mol. The Hall–Kier alpha value is -1.10. The van der Waals surface area contributed by atoms with Gasteiger partial charge in [-0.2, -0.15) is 0 Å². The summed E-state index contributed by atoms with van der Waals surface area (Å²) in [7, 11) is 1.22. The summed E-state index contributed by atoms with van der Waals surface area (Å²) >= 11 is 0. The second-order valence-electron chi connectivity index (χ2n) is 3.92. The Kier molecular flexibility index (Phi) is 4.56. The van der Waals surface area contributed by atoms with E-state index in [0.717, 1.165) is 0 Å². The van der Waals surface area contributed by atoms with Crippen LogP contribution in [0.5, 0.6) is 0 Å². The molecule has 82 valence electrons. The van der Waals surface area contributed by atoms with E-state index >= 15 is 0 Å². The van der Waals surface area contributed by atoms with E-state index in [9.17, 15) is 9.59 Å². The van der Waals surface area contributed by atoms with Crippen molar-refractivity contribution >= 4 is 11.9 Å². The normalized spacial score (nSPS) is 13.2. The van der Waals surface area contributed by atoms with Crippen molar-refractivity contribution < 1.29 is 19.1 Å². The lowest BCUT2D eigenvalue weighted by Gasteiger charge is -2.20. The molecule has 0 saturated heterocycles. The first-order valence-corrected chi connectivity index (χ1v) is 4.31. The molecular weight excluding hydrogens is 186 g/mol. The van der Waals surface area contributed by atoms with Crippen molar-refractivity contribution in [3.8, 4) is 0 Å². The number of carbonyl (C=O) groups is 2. The fourth-order valence-corrected chi connectivity index (χ4v) is 0.797. The van der Waals surface area contributed by atoms with Gasteiger partial charge in [0, 0.05) is 0 Å². The zero-order valence-electron chi connectivity index (χ0n) is 8.99. The molecule has 0 radical (unpaired) electrons. The Balaban J connectivity index is 4.01. The van der Waals surface area contributed by atoms with Crippen LogP contribution in [0.25, 0.3) is 0 Å². The summed E-state index contributed by atoms with van der Waals surface area (Å²) in [5.74, 6) is -1.12. The highest BCUT2D eigenvalue weighted by molar-refractivity contribution is 5.82.